The molecule has 1 fully saturated rings. The number of rotatable bonds is 9. The maximum Gasteiger partial charge on any atom is 0.0206 e. The van der Waals surface area contributed by atoms with Gasteiger partial charge in [-0.1, -0.05) is 44.2 Å². The molecule has 0 radical (unpaired) electrons. The average Bonchev–Trinajstić information content (AvgIpc) is 2.98. The van der Waals surface area contributed by atoms with Gasteiger partial charge in [-0.15, -0.1) is 0 Å². The van der Waals surface area contributed by atoms with Crippen LogP contribution in [-0.2, 0) is 6.42 Å². The Bertz CT molecular complexity index is 398. The van der Waals surface area contributed by atoms with Crippen molar-refractivity contribution in [2.45, 2.75) is 51.6 Å². The van der Waals surface area contributed by atoms with E-state index in [4.69, 9.17) is 5.73 Å². The summed E-state index contributed by atoms with van der Waals surface area (Å²) in [5.74, 6) is 0.727. The number of hydrogen-bond acceptors (Lipinski definition) is 3. The summed E-state index contributed by atoms with van der Waals surface area (Å²) >= 11 is 0. The summed E-state index contributed by atoms with van der Waals surface area (Å²) < 4.78 is 0. The van der Waals surface area contributed by atoms with Gasteiger partial charge in [0.15, 0.2) is 0 Å². The molecule has 1 aromatic rings. The molecule has 1 aliphatic heterocycles. The van der Waals surface area contributed by atoms with Crippen LogP contribution in [0.1, 0.15) is 38.7 Å². The Morgan fingerprint density at radius 2 is 1.82 bits per heavy atom. The molecule has 1 saturated heterocycles. The smallest absolute Gasteiger partial charge is 0.0206 e. The van der Waals surface area contributed by atoms with Gasteiger partial charge in [-0.3, -0.25) is 0 Å². The molecule has 2 atom stereocenters. The SMILES string of the molecule is CC(C)CC(CN1CCCC1)NCC(N)Cc1ccccc1. The third-order valence-corrected chi connectivity index (χ3v) is 4.44. The Labute approximate surface area is 136 Å². The fourth-order valence-electron chi connectivity index (χ4n) is 3.38. The highest BCUT2D eigenvalue weighted by atomic mass is 15.2. The van der Waals surface area contributed by atoms with Crippen LogP contribution in [0.3, 0.4) is 0 Å². The summed E-state index contributed by atoms with van der Waals surface area (Å²) in [6.45, 7) is 9.24. The van der Waals surface area contributed by atoms with Crippen molar-refractivity contribution in [3.63, 3.8) is 0 Å². The zero-order valence-electron chi connectivity index (χ0n) is 14.3. The molecule has 3 nitrogen and oxygen atoms in total. The third kappa shape index (κ3) is 6.47. The number of nitrogens with two attached hydrogens (primary N) is 1. The first-order valence-corrected chi connectivity index (χ1v) is 8.88. The molecule has 22 heavy (non-hydrogen) atoms. The van der Waals surface area contributed by atoms with Gasteiger partial charge in [-0.25, -0.2) is 0 Å². The molecule has 1 heterocycles. The maximum atomic E-state index is 6.32. The average molecular weight is 303 g/mol. The van der Waals surface area contributed by atoms with Crippen LogP contribution in [-0.4, -0.2) is 43.2 Å². The van der Waals surface area contributed by atoms with E-state index in [1.54, 1.807) is 0 Å². The van der Waals surface area contributed by atoms with Gasteiger partial charge in [0.1, 0.15) is 0 Å². The first-order chi connectivity index (χ1) is 10.6. The largest absolute Gasteiger partial charge is 0.326 e. The van der Waals surface area contributed by atoms with Crippen molar-refractivity contribution >= 4 is 0 Å². The first kappa shape index (κ1) is 17.5. The lowest BCUT2D eigenvalue weighted by atomic mass is 10.0. The lowest BCUT2D eigenvalue weighted by molar-refractivity contribution is 0.266. The standard InChI is InChI=1S/C19H33N3/c1-16(2)12-19(15-22-10-6-7-11-22)21-14-18(20)13-17-8-4-3-5-9-17/h3-5,8-9,16,18-19,21H,6-7,10-15,20H2,1-2H3. The second kappa shape index (κ2) is 9.29. The van der Waals surface area contributed by atoms with Crippen molar-refractivity contribution in [3.05, 3.63) is 35.9 Å². The van der Waals surface area contributed by atoms with E-state index in [1.165, 1.54) is 44.5 Å². The summed E-state index contributed by atoms with van der Waals surface area (Å²) in [5, 5.41) is 3.73. The first-order valence-electron chi connectivity index (χ1n) is 8.88. The summed E-state index contributed by atoms with van der Waals surface area (Å²) in [5.41, 5.74) is 7.65. The molecule has 0 aliphatic carbocycles. The number of nitrogens with one attached hydrogen (secondary N) is 1. The van der Waals surface area contributed by atoms with Crippen LogP contribution in [0.25, 0.3) is 0 Å². The highest BCUT2D eigenvalue weighted by molar-refractivity contribution is 5.15. The van der Waals surface area contributed by atoms with Crippen LogP contribution in [0.5, 0.6) is 0 Å². The summed E-state index contributed by atoms with van der Waals surface area (Å²) in [6.07, 6.45) is 4.91. The van der Waals surface area contributed by atoms with E-state index >= 15 is 0 Å². The minimum absolute atomic E-state index is 0.190. The maximum absolute atomic E-state index is 6.32. The second-order valence-corrected chi connectivity index (χ2v) is 7.19. The Balaban J connectivity index is 1.76. The van der Waals surface area contributed by atoms with Crippen LogP contribution in [0.2, 0.25) is 0 Å². The van der Waals surface area contributed by atoms with Gasteiger partial charge < -0.3 is 16.0 Å². The van der Waals surface area contributed by atoms with Gasteiger partial charge in [-0.05, 0) is 50.3 Å². The fraction of sp³-hybridized carbons (Fsp3) is 0.684. The molecule has 0 aromatic heterocycles. The fourth-order valence-corrected chi connectivity index (χ4v) is 3.38. The van der Waals surface area contributed by atoms with Crippen LogP contribution in [0.15, 0.2) is 30.3 Å². The van der Waals surface area contributed by atoms with E-state index < -0.39 is 0 Å². The van der Waals surface area contributed by atoms with Gasteiger partial charge in [0.25, 0.3) is 0 Å². The molecule has 2 rings (SSSR count). The normalized spacial score (nSPS) is 18.7. The summed E-state index contributed by atoms with van der Waals surface area (Å²) in [6, 6.07) is 11.3. The molecule has 3 N–H and O–H groups in total. The minimum atomic E-state index is 0.190. The molecule has 0 bridgehead atoms. The number of nitrogens with zero attached hydrogens (tertiary/aromatic N) is 1. The van der Waals surface area contributed by atoms with Gasteiger partial charge in [0.05, 0.1) is 0 Å². The van der Waals surface area contributed by atoms with E-state index in [2.05, 4.69) is 54.4 Å². The van der Waals surface area contributed by atoms with Gasteiger partial charge in [0, 0.05) is 25.2 Å². The molecule has 0 amide bonds. The molecule has 0 saturated carbocycles. The molecule has 3 heteroatoms. The Hall–Kier alpha value is -0.900. The topological polar surface area (TPSA) is 41.3 Å². The summed E-state index contributed by atoms with van der Waals surface area (Å²) in [4.78, 5) is 2.60. The molecule has 1 aliphatic rings. The Morgan fingerprint density at radius 3 is 2.45 bits per heavy atom. The quantitative estimate of drug-likeness (QED) is 0.737. The number of hydrogen-bond donors (Lipinski definition) is 2. The van der Waals surface area contributed by atoms with Gasteiger partial charge in [0.2, 0.25) is 0 Å². The number of benzene rings is 1. The second-order valence-electron chi connectivity index (χ2n) is 7.19. The van der Waals surface area contributed by atoms with Crippen LogP contribution in [0, 0.1) is 5.92 Å². The van der Waals surface area contributed by atoms with Crippen LogP contribution in [0.4, 0.5) is 0 Å². The van der Waals surface area contributed by atoms with E-state index in [0.29, 0.717) is 6.04 Å². The van der Waals surface area contributed by atoms with Crippen molar-refractivity contribution in [2.75, 3.05) is 26.2 Å². The monoisotopic (exact) mass is 303 g/mol. The van der Waals surface area contributed by atoms with E-state index in [9.17, 15) is 0 Å². The molecule has 0 spiro atoms. The third-order valence-electron chi connectivity index (χ3n) is 4.44. The van der Waals surface area contributed by atoms with Crippen molar-refractivity contribution in [2.24, 2.45) is 11.7 Å². The van der Waals surface area contributed by atoms with E-state index in [-0.39, 0.29) is 6.04 Å². The lowest BCUT2D eigenvalue weighted by Gasteiger charge is -2.27. The predicted molar refractivity (Wildman–Crippen MR) is 95.0 cm³/mol. The Morgan fingerprint density at radius 1 is 1.14 bits per heavy atom. The van der Waals surface area contributed by atoms with Crippen molar-refractivity contribution in [1.29, 1.82) is 0 Å². The van der Waals surface area contributed by atoms with Crippen LogP contribution < -0.4 is 11.1 Å². The Kier molecular flexibility index (Phi) is 7.37. The summed E-state index contributed by atoms with van der Waals surface area (Å²) in [7, 11) is 0. The molecular weight excluding hydrogens is 270 g/mol. The molecule has 124 valence electrons. The minimum Gasteiger partial charge on any atom is -0.326 e. The lowest BCUT2D eigenvalue weighted by Crippen LogP contribution is -2.46. The van der Waals surface area contributed by atoms with Crippen molar-refractivity contribution in [1.82, 2.24) is 10.2 Å². The predicted octanol–water partition coefficient (Wildman–Crippen LogP) is 2.66. The van der Waals surface area contributed by atoms with Crippen LogP contribution >= 0.6 is 0 Å². The number of likely N-dealkylation sites (tertiary alicyclic amines) is 1. The van der Waals surface area contributed by atoms with Gasteiger partial charge in [-0.2, -0.15) is 0 Å². The molecule has 2 unspecified atom stereocenters. The molecular formula is C19H33N3. The highest BCUT2D eigenvalue weighted by Crippen LogP contribution is 2.12. The molecule has 1 aromatic carbocycles. The zero-order chi connectivity index (χ0) is 15.8. The van der Waals surface area contributed by atoms with Crippen molar-refractivity contribution in [3.8, 4) is 0 Å². The highest BCUT2D eigenvalue weighted by Gasteiger charge is 2.18. The van der Waals surface area contributed by atoms with E-state index in [0.717, 1.165) is 18.9 Å². The van der Waals surface area contributed by atoms with E-state index in [1.807, 2.05) is 0 Å². The van der Waals surface area contributed by atoms with Crippen molar-refractivity contribution < 1.29 is 0 Å². The zero-order valence-corrected chi connectivity index (χ0v) is 14.3. The van der Waals surface area contributed by atoms with Gasteiger partial charge >= 0.3 is 0 Å².